The molecule has 0 unspecified atom stereocenters. The Bertz CT molecular complexity index is 1380. The van der Waals surface area contributed by atoms with Crippen LogP contribution in [-0.2, 0) is 22.3 Å². The fourth-order valence-electron chi connectivity index (χ4n) is 4.06. The lowest BCUT2D eigenvalue weighted by molar-refractivity contribution is 0.00578. The molecule has 5 rings (SSSR count). The first-order valence-corrected chi connectivity index (χ1v) is 12.3. The van der Waals surface area contributed by atoms with E-state index in [9.17, 15) is 4.79 Å². The molecular weight excluding hydrogens is 445 g/mol. The Morgan fingerprint density at radius 1 is 0.971 bits per heavy atom. The Morgan fingerprint density at radius 3 is 2.26 bits per heavy atom. The number of benzene rings is 2. The summed E-state index contributed by atoms with van der Waals surface area (Å²) < 4.78 is 14.7. The van der Waals surface area contributed by atoms with E-state index in [4.69, 9.17) is 14.4 Å². The second-order valence-electron chi connectivity index (χ2n) is 9.73. The Hall–Kier alpha value is -2.81. The van der Waals surface area contributed by atoms with Crippen LogP contribution in [0.25, 0.3) is 21.5 Å². The average Bonchev–Trinajstić information content (AvgIpc) is 3.30. The Balaban J connectivity index is 1.49. The molecule has 0 amide bonds. The van der Waals surface area contributed by atoms with E-state index in [1.165, 1.54) is 16.9 Å². The predicted octanol–water partition coefficient (Wildman–Crippen LogP) is 4.37. The van der Waals surface area contributed by atoms with Crippen molar-refractivity contribution in [2.45, 2.75) is 58.8 Å². The van der Waals surface area contributed by atoms with E-state index in [1.807, 2.05) is 77.1 Å². The molecule has 1 aliphatic rings. The fraction of sp³-hybridized carbons (Fsp3) is 0.346. The van der Waals surface area contributed by atoms with E-state index in [-0.39, 0.29) is 5.56 Å². The largest absolute Gasteiger partial charge is 0.494 e. The van der Waals surface area contributed by atoms with Crippen LogP contribution in [0, 0.1) is 6.92 Å². The number of rotatable bonds is 5. The van der Waals surface area contributed by atoms with Crippen molar-refractivity contribution in [2.75, 3.05) is 0 Å². The molecule has 8 heteroatoms. The summed E-state index contributed by atoms with van der Waals surface area (Å²) in [7, 11) is -0.419. The molecule has 174 valence electrons. The summed E-state index contributed by atoms with van der Waals surface area (Å²) in [4.78, 5) is 17.6. The third kappa shape index (κ3) is 4.10. The van der Waals surface area contributed by atoms with Crippen molar-refractivity contribution in [3.63, 3.8) is 0 Å². The smallest absolute Gasteiger partial charge is 0.399 e. The fourth-order valence-corrected chi connectivity index (χ4v) is 4.98. The Labute approximate surface area is 203 Å². The van der Waals surface area contributed by atoms with Crippen molar-refractivity contribution < 1.29 is 9.31 Å². The van der Waals surface area contributed by atoms with E-state index in [0.717, 1.165) is 32.8 Å². The second kappa shape index (κ2) is 8.45. The molecule has 0 aliphatic carbocycles. The van der Waals surface area contributed by atoms with Gasteiger partial charge in [0.25, 0.3) is 5.56 Å². The molecule has 0 N–H and O–H groups in total. The molecular formula is C26H28BN3O3S. The van der Waals surface area contributed by atoms with Gasteiger partial charge in [-0.25, -0.2) is 9.67 Å². The number of aryl methyl sites for hydroxylation is 3. The van der Waals surface area contributed by atoms with Gasteiger partial charge in [-0.15, -0.1) is 11.3 Å². The highest BCUT2D eigenvalue weighted by Crippen LogP contribution is 2.36. The lowest BCUT2D eigenvalue weighted by atomic mass is 9.79. The summed E-state index contributed by atoms with van der Waals surface area (Å²) in [6.07, 6.45) is 0.725. The molecule has 0 spiro atoms. The average molecular weight is 473 g/mol. The molecule has 2 aromatic carbocycles. The SMILES string of the molecule is Cc1nc2c(=O)n(CCc3ccccc3)nc(-c3ccc(B4OC(C)(C)C(C)(C)O4)cc3)c2s1. The summed E-state index contributed by atoms with van der Waals surface area (Å²) in [6, 6.07) is 18.2. The molecule has 34 heavy (non-hydrogen) atoms. The highest BCUT2D eigenvalue weighted by atomic mass is 32.1. The Morgan fingerprint density at radius 2 is 1.62 bits per heavy atom. The molecule has 1 fully saturated rings. The molecule has 0 bridgehead atoms. The zero-order chi connectivity index (χ0) is 24.1. The van der Waals surface area contributed by atoms with E-state index in [2.05, 4.69) is 17.1 Å². The molecule has 3 heterocycles. The molecule has 1 saturated heterocycles. The van der Waals surface area contributed by atoms with Gasteiger partial charge in [0.2, 0.25) is 0 Å². The molecule has 0 radical (unpaired) electrons. The number of aromatic nitrogens is 3. The van der Waals surface area contributed by atoms with Gasteiger partial charge in [0.15, 0.2) is 5.52 Å². The summed E-state index contributed by atoms with van der Waals surface area (Å²) >= 11 is 1.50. The van der Waals surface area contributed by atoms with Crippen LogP contribution < -0.4 is 11.0 Å². The monoisotopic (exact) mass is 473 g/mol. The van der Waals surface area contributed by atoms with Crippen LogP contribution in [0.4, 0.5) is 0 Å². The van der Waals surface area contributed by atoms with Crippen LogP contribution >= 0.6 is 11.3 Å². The van der Waals surface area contributed by atoms with Crippen LogP contribution in [-0.4, -0.2) is 33.1 Å². The van der Waals surface area contributed by atoms with Gasteiger partial charge >= 0.3 is 7.12 Å². The van der Waals surface area contributed by atoms with E-state index in [1.54, 1.807) is 4.68 Å². The van der Waals surface area contributed by atoms with Gasteiger partial charge in [0.05, 0.1) is 20.9 Å². The number of nitrogens with zero attached hydrogens (tertiary/aromatic N) is 3. The molecule has 4 aromatic rings. The van der Waals surface area contributed by atoms with Crippen molar-refractivity contribution in [1.29, 1.82) is 0 Å². The molecule has 6 nitrogen and oxygen atoms in total. The first kappa shape index (κ1) is 23.0. The lowest BCUT2D eigenvalue weighted by Gasteiger charge is -2.32. The molecule has 2 aromatic heterocycles. The number of fused-ring (bicyclic) bond motifs is 1. The van der Waals surface area contributed by atoms with Gasteiger partial charge in [0, 0.05) is 12.1 Å². The second-order valence-corrected chi connectivity index (χ2v) is 10.9. The van der Waals surface area contributed by atoms with Crippen molar-refractivity contribution in [2.24, 2.45) is 0 Å². The van der Waals surface area contributed by atoms with Gasteiger partial charge < -0.3 is 9.31 Å². The zero-order valence-corrected chi connectivity index (χ0v) is 21.0. The standard InChI is InChI=1S/C26H28BN3O3S/c1-17-28-22-23(34-17)21(29-30(24(22)31)16-15-18-9-7-6-8-10-18)19-11-13-20(14-12-19)27-32-25(2,3)26(4,5)33-27/h6-14H,15-16H2,1-5H3. The van der Waals surface area contributed by atoms with E-state index in [0.29, 0.717) is 12.1 Å². The highest BCUT2D eigenvalue weighted by molar-refractivity contribution is 7.19. The van der Waals surface area contributed by atoms with Crippen LogP contribution in [0.1, 0.15) is 38.3 Å². The number of thiazole rings is 1. The van der Waals surface area contributed by atoms with E-state index < -0.39 is 18.3 Å². The van der Waals surface area contributed by atoms with E-state index >= 15 is 0 Å². The van der Waals surface area contributed by atoms with Crippen LogP contribution in [0.5, 0.6) is 0 Å². The van der Waals surface area contributed by atoms with Crippen molar-refractivity contribution in [3.8, 4) is 11.3 Å². The normalized spacial score (nSPS) is 16.9. The summed E-state index contributed by atoms with van der Waals surface area (Å²) in [6.45, 7) is 10.6. The maximum absolute atomic E-state index is 13.1. The third-order valence-electron chi connectivity index (χ3n) is 6.77. The maximum Gasteiger partial charge on any atom is 0.494 e. The summed E-state index contributed by atoms with van der Waals surface area (Å²) in [5.74, 6) is 0. The summed E-state index contributed by atoms with van der Waals surface area (Å²) in [5.41, 5.74) is 3.38. The lowest BCUT2D eigenvalue weighted by Crippen LogP contribution is -2.41. The predicted molar refractivity (Wildman–Crippen MR) is 138 cm³/mol. The first-order valence-electron chi connectivity index (χ1n) is 11.5. The van der Waals surface area contributed by atoms with Crippen molar-refractivity contribution in [3.05, 3.63) is 75.5 Å². The maximum atomic E-state index is 13.1. The molecule has 1 aliphatic heterocycles. The van der Waals surface area contributed by atoms with Gasteiger partial charge in [-0.05, 0) is 52.1 Å². The third-order valence-corrected chi connectivity index (χ3v) is 7.75. The minimum atomic E-state index is -0.419. The van der Waals surface area contributed by atoms with Gasteiger partial charge in [-0.3, -0.25) is 4.79 Å². The quantitative estimate of drug-likeness (QED) is 0.403. The van der Waals surface area contributed by atoms with Gasteiger partial charge in [-0.2, -0.15) is 5.10 Å². The van der Waals surface area contributed by atoms with Crippen LogP contribution in [0.2, 0.25) is 0 Å². The zero-order valence-electron chi connectivity index (χ0n) is 20.2. The van der Waals surface area contributed by atoms with Crippen molar-refractivity contribution in [1.82, 2.24) is 14.8 Å². The van der Waals surface area contributed by atoms with Crippen LogP contribution in [0.15, 0.2) is 59.4 Å². The number of hydrogen-bond acceptors (Lipinski definition) is 6. The highest BCUT2D eigenvalue weighted by Gasteiger charge is 2.51. The minimum Gasteiger partial charge on any atom is -0.399 e. The molecule has 0 atom stereocenters. The minimum absolute atomic E-state index is 0.145. The first-order chi connectivity index (χ1) is 16.1. The molecule has 0 saturated carbocycles. The topological polar surface area (TPSA) is 66.2 Å². The van der Waals surface area contributed by atoms with Gasteiger partial charge in [0.1, 0.15) is 5.69 Å². The Kier molecular flexibility index (Phi) is 5.71. The van der Waals surface area contributed by atoms with Crippen molar-refractivity contribution >= 4 is 34.1 Å². The van der Waals surface area contributed by atoms with Crippen LogP contribution in [0.3, 0.4) is 0 Å². The summed E-state index contributed by atoms with van der Waals surface area (Å²) in [5, 5.41) is 5.64. The number of hydrogen-bond donors (Lipinski definition) is 0. The van der Waals surface area contributed by atoms with Gasteiger partial charge in [-0.1, -0.05) is 54.6 Å².